The average Bonchev–Trinajstić information content (AvgIpc) is 2.87. The zero-order valence-corrected chi connectivity index (χ0v) is 14.5. The normalized spacial score (nSPS) is 22.8. The number of fused-ring (bicyclic) bond motifs is 6. The van der Waals surface area contributed by atoms with Gasteiger partial charge < -0.3 is 0 Å². The highest BCUT2D eigenvalue weighted by molar-refractivity contribution is 6.02. The van der Waals surface area contributed by atoms with E-state index in [2.05, 4.69) is 60.7 Å². The number of allylic oxidation sites excluding steroid dienone is 1. The maximum atomic E-state index is 13.4. The maximum Gasteiger partial charge on any atom is 0.170 e. The summed E-state index contributed by atoms with van der Waals surface area (Å²) in [4.78, 5) is 13.4. The van der Waals surface area contributed by atoms with Crippen LogP contribution in [0.3, 0.4) is 0 Å². The minimum Gasteiger partial charge on any atom is -0.293 e. The van der Waals surface area contributed by atoms with Gasteiger partial charge in [-0.25, -0.2) is 0 Å². The molecule has 0 fully saturated rings. The second kappa shape index (κ2) is 6.10. The van der Waals surface area contributed by atoms with Gasteiger partial charge >= 0.3 is 0 Å². The molecule has 1 nitrogen and oxygen atoms in total. The first-order valence-corrected chi connectivity index (χ1v) is 9.28. The van der Waals surface area contributed by atoms with Crippen molar-refractivity contribution >= 4 is 11.9 Å². The van der Waals surface area contributed by atoms with Gasteiger partial charge in [0.25, 0.3) is 0 Å². The molecule has 0 heterocycles. The van der Waals surface area contributed by atoms with E-state index in [1.165, 1.54) is 22.3 Å². The summed E-state index contributed by atoms with van der Waals surface area (Å²) in [6, 6.07) is 26.9. The smallest absolute Gasteiger partial charge is 0.170 e. The number of Topliss-reactive ketones (excluding diaryl/α,β-unsaturated/α-hetero) is 1. The zero-order chi connectivity index (χ0) is 17.5. The highest BCUT2D eigenvalue weighted by atomic mass is 16.1. The number of benzene rings is 3. The van der Waals surface area contributed by atoms with Crippen LogP contribution in [0.25, 0.3) is 6.08 Å². The van der Waals surface area contributed by atoms with Gasteiger partial charge in [-0.2, -0.15) is 0 Å². The Hall–Kier alpha value is -2.93. The number of ketones is 1. The van der Waals surface area contributed by atoms with Crippen LogP contribution >= 0.6 is 0 Å². The third-order valence-corrected chi connectivity index (χ3v) is 5.88. The minimum atomic E-state index is -0.101. The molecule has 0 N–H and O–H groups in total. The van der Waals surface area contributed by atoms with Gasteiger partial charge in [-0.3, -0.25) is 4.79 Å². The molecule has 0 saturated heterocycles. The highest BCUT2D eigenvalue weighted by Gasteiger charge is 2.39. The van der Waals surface area contributed by atoms with Gasteiger partial charge in [0.1, 0.15) is 0 Å². The first-order valence-electron chi connectivity index (χ1n) is 9.28. The summed E-state index contributed by atoms with van der Waals surface area (Å²) in [6.45, 7) is 0. The number of carbonyl (C=O) groups excluding carboxylic acids is 1. The van der Waals surface area contributed by atoms with E-state index in [4.69, 9.17) is 0 Å². The molecule has 0 aliphatic heterocycles. The number of rotatable bonds is 2. The topological polar surface area (TPSA) is 17.1 Å². The summed E-state index contributed by atoms with van der Waals surface area (Å²) < 4.78 is 0. The van der Waals surface area contributed by atoms with Crippen LogP contribution in [0.1, 0.15) is 50.9 Å². The number of hydrogen-bond acceptors (Lipinski definition) is 1. The highest BCUT2D eigenvalue weighted by Crippen LogP contribution is 2.49. The van der Waals surface area contributed by atoms with Crippen molar-refractivity contribution in [3.8, 4) is 0 Å². The molecule has 2 aliphatic carbocycles. The van der Waals surface area contributed by atoms with Crippen molar-refractivity contribution in [1.29, 1.82) is 0 Å². The summed E-state index contributed by atoms with van der Waals surface area (Å²) in [5.74, 6) is 0.727. The Labute approximate surface area is 154 Å². The molecule has 0 spiro atoms. The largest absolute Gasteiger partial charge is 0.293 e. The molecule has 0 saturated carbocycles. The van der Waals surface area contributed by atoms with Gasteiger partial charge in [-0.15, -0.1) is 0 Å². The Bertz CT molecular complexity index is 999. The molecule has 2 bridgehead atoms. The van der Waals surface area contributed by atoms with Crippen LogP contribution in [-0.4, -0.2) is 5.78 Å². The van der Waals surface area contributed by atoms with Crippen molar-refractivity contribution in [2.75, 3.05) is 0 Å². The average molecular weight is 336 g/mol. The molecule has 5 rings (SSSR count). The molecule has 0 amide bonds. The van der Waals surface area contributed by atoms with Gasteiger partial charge in [0.2, 0.25) is 0 Å². The summed E-state index contributed by atoms with van der Waals surface area (Å²) in [6.07, 6.45) is 5.48. The van der Waals surface area contributed by atoms with Crippen molar-refractivity contribution in [3.63, 3.8) is 0 Å². The van der Waals surface area contributed by atoms with Gasteiger partial charge in [-0.1, -0.05) is 91.0 Å². The van der Waals surface area contributed by atoms with E-state index in [1.807, 2.05) is 30.3 Å². The van der Waals surface area contributed by atoms with Crippen LogP contribution in [0.5, 0.6) is 0 Å². The van der Waals surface area contributed by atoms with E-state index < -0.39 is 0 Å². The minimum absolute atomic E-state index is 0.101. The third kappa shape index (κ3) is 2.35. The molecular weight excluding hydrogens is 316 g/mol. The quantitative estimate of drug-likeness (QED) is 0.538. The molecule has 0 aromatic heterocycles. The van der Waals surface area contributed by atoms with E-state index in [-0.39, 0.29) is 17.6 Å². The molecule has 26 heavy (non-hydrogen) atoms. The van der Waals surface area contributed by atoms with Crippen molar-refractivity contribution in [2.24, 2.45) is 5.92 Å². The van der Waals surface area contributed by atoms with Crippen LogP contribution in [0.15, 0.2) is 84.9 Å². The van der Waals surface area contributed by atoms with Crippen LogP contribution in [0.2, 0.25) is 0 Å². The Morgan fingerprint density at radius 2 is 1.38 bits per heavy atom. The number of hydrogen-bond donors (Lipinski definition) is 0. The summed E-state index contributed by atoms with van der Waals surface area (Å²) in [5, 5.41) is 0. The fourth-order valence-corrected chi connectivity index (χ4v) is 4.69. The van der Waals surface area contributed by atoms with Crippen LogP contribution in [-0.2, 0) is 0 Å². The SMILES string of the molecule is O=C(c1ccccc1)[C@H]1c2ccccc2[C@@H]2C[C@H]1C=Cc1ccccc12. The predicted octanol–water partition coefficient (Wildman–Crippen LogP) is 5.83. The van der Waals surface area contributed by atoms with E-state index in [0.29, 0.717) is 5.92 Å². The van der Waals surface area contributed by atoms with Gasteiger partial charge in [0.15, 0.2) is 5.78 Å². The van der Waals surface area contributed by atoms with E-state index in [1.54, 1.807) is 0 Å². The van der Waals surface area contributed by atoms with E-state index >= 15 is 0 Å². The molecule has 2 aliphatic rings. The summed E-state index contributed by atoms with van der Waals surface area (Å²) >= 11 is 0. The zero-order valence-electron chi connectivity index (χ0n) is 14.5. The number of carbonyl (C=O) groups is 1. The molecule has 3 atom stereocenters. The Morgan fingerprint density at radius 3 is 2.19 bits per heavy atom. The molecule has 1 heteroatoms. The predicted molar refractivity (Wildman–Crippen MR) is 105 cm³/mol. The van der Waals surface area contributed by atoms with Gasteiger partial charge in [0, 0.05) is 11.5 Å². The fourth-order valence-electron chi connectivity index (χ4n) is 4.69. The molecular formula is C25H20O. The van der Waals surface area contributed by atoms with Crippen molar-refractivity contribution in [3.05, 3.63) is 113 Å². The first kappa shape index (κ1) is 15.3. The molecule has 3 aromatic rings. The maximum absolute atomic E-state index is 13.4. The Balaban J connectivity index is 1.69. The van der Waals surface area contributed by atoms with Crippen molar-refractivity contribution < 1.29 is 4.79 Å². The van der Waals surface area contributed by atoms with E-state index in [9.17, 15) is 4.79 Å². The van der Waals surface area contributed by atoms with Gasteiger partial charge in [0.05, 0.1) is 5.92 Å². The Kier molecular flexibility index (Phi) is 3.60. The van der Waals surface area contributed by atoms with Crippen molar-refractivity contribution in [1.82, 2.24) is 0 Å². The summed E-state index contributed by atoms with van der Waals surface area (Å²) in [7, 11) is 0. The monoisotopic (exact) mass is 336 g/mol. The first-order chi connectivity index (χ1) is 12.8. The Morgan fingerprint density at radius 1 is 0.731 bits per heavy atom. The molecule has 126 valence electrons. The molecule has 3 aromatic carbocycles. The van der Waals surface area contributed by atoms with Gasteiger partial charge in [-0.05, 0) is 34.6 Å². The molecule has 0 radical (unpaired) electrons. The second-order valence-electron chi connectivity index (χ2n) is 7.28. The van der Waals surface area contributed by atoms with Crippen LogP contribution in [0, 0.1) is 5.92 Å². The lowest BCUT2D eigenvalue weighted by atomic mass is 9.67. The summed E-state index contributed by atoms with van der Waals surface area (Å²) in [5.41, 5.74) is 5.98. The lowest BCUT2D eigenvalue weighted by Crippen LogP contribution is -2.28. The lowest BCUT2D eigenvalue weighted by molar-refractivity contribution is 0.0931. The van der Waals surface area contributed by atoms with Crippen molar-refractivity contribution in [2.45, 2.75) is 18.3 Å². The second-order valence-corrected chi connectivity index (χ2v) is 7.28. The van der Waals surface area contributed by atoms with Crippen LogP contribution < -0.4 is 0 Å². The van der Waals surface area contributed by atoms with Crippen LogP contribution in [0.4, 0.5) is 0 Å². The lowest BCUT2D eigenvalue weighted by Gasteiger charge is -2.35. The van der Waals surface area contributed by atoms with E-state index in [0.717, 1.165) is 12.0 Å². The standard InChI is InChI=1S/C25H20O/c26-25(18-9-2-1-3-10-18)24-19-15-14-17-8-4-5-11-20(17)23(16-19)21-12-6-7-13-22(21)24/h1-15,19,23-24H,16H2/t19-,23-,24-/m1/s1. The fraction of sp³-hybridized carbons (Fsp3) is 0.160. The molecule has 0 unspecified atom stereocenters. The third-order valence-electron chi connectivity index (χ3n) is 5.88.